The molecule has 0 radical (unpaired) electrons. The van der Waals surface area contributed by atoms with E-state index in [1.807, 2.05) is 7.05 Å². The molecule has 1 saturated carbocycles. The van der Waals surface area contributed by atoms with Crippen molar-refractivity contribution in [3.8, 4) is 0 Å². The number of nitrogens with zero attached hydrogens (tertiary/aromatic N) is 1. The third-order valence-corrected chi connectivity index (χ3v) is 5.17. The standard InChI is InChI=1S/C19H28N2O/c1-20-17-10-5-11-18(16-8-3-2-4-9-16)21(19(17)22)14-6-7-15-12-13-15/h2-4,8-9,15,17-18,20H,5-7,10-14H2,1H3/t17-,18-/m0/s1. The summed E-state index contributed by atoms with van der Waals surface area (Å²) in [6.07, 6.45) is 8.38. The van der Waals surface area contributed by atoms with E-state index >= 15 is 0 Å². The summed E-state index contributed by atoms with van der Waals surface area (Å²) in [5, 5.41) is 3.22. The molecule has 2 fully saturated rings. The quantitative estimate of drug-likeness (QED) is 0.872. The molecular formula is C19H28N2O. The van der Waals surface area contributed by atoms with Crippen LogP contribution in [0, 0.1) is 5.92 Å². The Morgan fingerprint density at radius 2 is 1.91 bits per heavy atom. The van der Waals surface area contributed by atoms with E-state index in [1.54, 1.807) is 0 Å². The first-order chi connectivity index (χ1) is 10.8. The highest BCUT2D eigenvalue weighted by molar-refractivity contribution is 5.82. The second-order valence-electron chi connectivity index (χ2n) is 6.82. The van der Waals surface area contributed by atoms with E-state index in [4.69, 9.17) is 0 Å². The number of rotatable bonds is 6. The van der Waals surface area contributed by atoms with Gasteiger partial charge < -0.3 is 10.2 Å². The van der Waals surface area contributed by atoms with Crippen LogP contribution in [0.4, 0.5) is 0 Å². The van der Waals surface area contributed by atoms with Crippen LogP contribution in [0.25, 0.3) is 0 Å². The van der Waals surface area contributed by atoms with Gasteiger partial charge in [0.05, 0.1) is 12.1 Å². The SMILES string of the molecule is CN[C@H]1CCC[C@@H](c2ccccc2)N(CCCC2CC2)C1=O. The van der Waals surface area contributed by atoms with Crippen molar-refractivity contribution in [1.82, 2.24) is 10.2 Å². The molecule has 1 aliphatic heterocycles. The van der Waals surface area contributed by atoms with Crippen LogP contribution in [0.15, 0.2) is 30.3 Å². The summed E-state index contributed by atoms with van der Waals surface area (Å²) in [6.45, 7) is 0.910. The molecule has 1 aromatic rings. The molecule has 120 valence electrons. The minimum Gasteiger partial charge on any atom is -0.334 e. The van der Waals surface area contributed by atoms with Crippen molar-refractivity contribution in [3.63, 3.8) is 0 Å². The zero-order chi connectivity index (χ0) is 15.4. The molecule has 3 rings (SSSR count). The Kier molecular flexibility index (Phi) is 5.14. The average Bonchev–Trinajstić information content (AvgIpc) is 3.38. The van der Waals surface area contributed by atoms with Gasteiger partial charge in [-0.05, 0) is 50.6 Å². The third kappa shape index (κ3) is 3.70. The van der Waals surface area contributed by atoms with Crippen molar-refractivity contribution in [3.05, 3.63) is 35.9 Å². The molecule has 22 heavy (non-hydrogen) atoms. The number of hydrogen-bond donors (Lipinski definition) is 1. The Bertz CT molecular complexity index is 483. The van der Waals surface area contributed by atoms with E-state index in [9.17, 15) is 4.79 Å². The van der Waals surface area contributed by atoms with Gasteiger partial charge in [-0.1, -0.05) is 43.2 Å². The lowest BCUT2D eigenvalue weighted by molar-refractivity contribution is -0.135. The fourth-order valence-electron chi connectivity index (χ4n) is 3.66. The van der Waals surface area contributed by atoms with Gasteiger partial charge in [0.15, 0.2) is 0 Å². The van der Waals surface area contributed by atoms with Gasteiger partial charge in [0.25, 0.3) is 0 Å². The number of carbonyl (C=O) groups is 1. The van der Waals surface area contributed by atoms with Crippen LogP contribution in [0.3, 0.4) is 0 Å². The second kappa shape index (κ2) is 7.28. The highest BCUT2D eigenvalue weighted by Crippen LogP contribution is 2.35. The van der Waals surface area contributed by atoms with Gasteiger partial charge in [-0.15, -0.1) is 0 Å². The molecule has 1 amide bonds. The van der Waals surface area contributed by atoms with E-state index in [1.165, 1.54) is 24.8 Å². The summed E-state index contributed by atoms with van der Waals surface area (Å²) in [4.78, 5) is 15.1. The van der Waals surface area contributed by atoms with Crippen LogP contribution in [0.1, 0.15) is 56.6 Å². The molecule has 0 unspecified atom stereocenters. The average molecular weight is 300 g/mol. The van der Waals surface area contributed by atoms with Gasteiger partial charge in [-0.2, -0.15) is 0 Å². The first-order valence-corrected chi connectivity index (χ1v) is 8.82. The van der Waals surface area contributed by atoms with Gasteiger partial charge in [0, 0.05) is 6.54 Å². The lowest BCUT2D eigenvalue weighted by atomic mass is 10.0. The zero-order valence-electron chi connectivity index (χ0n) is 13.6. The van der Waals surface area contributed by atoms with Crippen LogP contribution in [-0.2, 0) is 4.79 Å². The first kappa shape index (κ1) is 15.5. The van der Waals surface area contributed by atoms with E-state index in [-0.39, 0.29) is 12.1 Å². The molecule has 3 nitrogen and oxygen atoms in total. The molecule has 0 aromatic heterocycles. The Morgan fingerprint density at radius 1 is 1.14 bits per heavy atom. The van der Waals surface area contributed by atoms with Gasteiger partial charge in [0.1, 0.15) is 0 Å². The minimum absolute atomic E-state index is 0.00497. The maximum Gasteiger partial charge on any atom is 0.240 e. The normalized spacial score (nSPS) is 26.0. The Balaban J connectivity index is 1.75. The number of benzene rings is 1. The van der Waals surface area contributed by atoms with E-state index < -0.39 is 0 Å². The van der Waals surface area contributed by atoms with Crippen LogP contribution >= 0.6 is 0 Å². The van der Waals surface area contributed by atoms with Crippen molar-refractivity contribution in [2.75, 3.05) is 13.6 Å². The monoisotopic (exact) mass is 300 g/mol. The maximum atomic E-state index is 12.9. The molecule has 1 heterocycles. The number of likely N-dealkylation sites (N-methyl/N-ethyl adjacent to an activating group) is 1. The summed E-state index contributed by atoms with van der Waals surface area (Å²) in [6, 6.07) is 10.8. The summed E-state index contributed by atoms with van der Waals surface area (Å²) in [7, 11) is 1.91. The topological polar surface area (TPSA) is 32.3 Å². The number of hydrogen-bond acceptors (Lipinski definition) is 2. The fraction of sp³-hybridized carbons (Fsp3) is 0.632. The first-order valence-electron chi connectivity index (χ1n) is 8.82. The van der Waals surface area contributed by atoms with Crippen molar-refractivity contribution in [2.45, 2.75) is 57.0 Å². The molecule has 1 aromatic carbocycles. The molecule has 1 aliphatic carbocycles. The predicted molar refractivity (Wildman–Crippen MR) is 89.6 cm³/mol. The van der Waals surface area contributed by atoms with Crippen molar-refractivity contribution in [2.24, 2.45) is 5.92 Å². The van der Waals surface area contributed by atoms with Crippen molar-refractivity contribution >= 4 is 5.91 Å². The maximum absolute atomic E-state index is 12.9. The highest BCUT2D eigenvalue weighted by atomic mass is 16.2. The molecule has 0 spiro atoms. The number of amides is 1. The largest absolute Gasteiger partial charge is 0.334 e. The summed E-state index contributed by atoms with van der Waals surface area (Å²) in [5.74, 6) is 1.24. The van der Waals surface area contributed by atoms with E-state index in [0.717, 1.165) is 38.1 Å². The molecule has 0 bridgehead atoms. The summed E-state index contributed by atoms with van der Waals surface area (Å²) < 4.78 is 0. The number of nitrogens with one attached hydrogen (secondary N) is 1. The predicted octanol–water partition coefficient (Wildman–Crippen LogP) is 3.52. The third-order valence-electron chi connectivity index (χ3n) is 5.17. The zero-order valence-corrected chi connectivity index (χ0v) is 13.6. The fourth-order valence-corrected chi connectivity index (χ4v) is 3.66. The Labute approximate surface area is 134 Å². The molecule has 3 heteroatoms. The summed E-state index contributed by atoms with van der Waals surface area (Å²) >= 11 is 0. The van der Waals surface area contributed by atoms with Crippen LogP contribution in [0.2, 0.25) is 0 Å². The van der Waals surface area contributed by atoms with E-state index in [2.05, 4.69) is 40.5 Å². The molecule has 2 aliphatic rings. The Morgan fingerprint density at radius 3 is 2.59 bits per heavy atom. The molecule has 1 saturated heterocycles. The van der Waals surface area contributed by atoms with Crippen molar-refractivity contribution in [1.29, 1.82) is 0 Å². The minimum atomic E-state index is -0.00497. The van der Waals surface area contributed by atoms with Gasteiger partial charge in [-0.25, -0.2) is 0 Å². The lowest BCUT2D eigenvalue weighted by Gasteiger charge is -2.32. The van der Waals surface area contributed by atoms with Gasteiger partial charge in [-0.3, -0.25) is 4.79 Å². The lowest BCUT2D eigenvalue weighted by Crippen LogP contribution is -2.45. The van der Waals surface area contributed by atoms with Crippen molar-refractivity contribution < 1.29 is 4.79 Å². The van der Waals surface area contributed by atoms with Crippen LogP contribution in [0.5, 0.6) is 0 Å². The number of carbonyl (C=O) groups excluding carboxylic acids is 1. The molecule has 2 atom stereocenters. The van der Waals surface area contributed by atoms with Crippen LogP contribution in [-0.4, -0.2) is 30.4 Å². The van der Waals surface area contributed by atoms with E-state index in [0.29, 0.717) is 5.91 Å². The van der Waals surface area contributed by atoms with Crippen LogP contribution < -0.4 is 5.32 Å². The number of likely N-dealkylation sites (tertiary alicyclic amines) is 1. The smallest absolute Gasteiger partial charge is 0.240 e. The highest BCUT2D eigenvalue weighted by Gasteiger charge is 2.33. The van der Waals surface area contributed by atoms with Gasteiger partial charge >= 0.3 is 0 Å². The molecule has 1 N–H and O–H groups in total. The second-order valence-corrected chi connectivity index (χ2v) is 6.82. The summed E-state index contributed by atoms with van der Waals surface area (Å²) in [5.41, 5.74) is 1.29. The Hall–Kier alpha value is -1.35. The molecular weight excluding hydrogens is 272 g/mol. The van der Waals surface area contributed by atoms with Gasteiger partial charge in [0.2, 0.25) is 5.91 Å².